The van der Waals surface area contributed by atoms with Gasteiger partial charge in [0.1, 0.15) is 6.29 Å². The molecule has 0 spiro atoms. The highest BCUT2D eigenvalue weighted by atomic mass is 32.2. The van der Waals surface area contributed by atoms with Crippen molar-refractivity contribution in [2.75, 3.05) is 99.6 Å². The Morgan fingerprint density at radius 1 is 0.484 bits per heavy atom. The summed E-state index contributed by atoms with van der Waals surface area (Å²) in [6.07, 6.45) is 12.0. The van der Waals surface area contributed by atoms with Gasteiger partial charge >= 0.3 is 11.9 Å². The highest BCUT2D eigenvalue weighted by Crippen LogP contribution is 2.42. The molecule has 0 amide bonds. The average Bonchev–Trinajstić information content (AvgIpc) is 1.63. The van der Waals surface area contributed by atoms with Crippen LogP contribution in [0.15, 0.2) is 157 Å². The van der Waals surface area contributed by atoms with E-state index < -0.39 is 85.4 Å². The number of ether oxygens (including phenoxy) is 8. The van der Waals surface area contributed by atoms with E-state index in [2.05, 4.69) is 12.2 Å². The Hall–Kier alpha value is -10.6. The predicted molar refractivity (Wildman–Crippen MR) is 461 cm³/mol. The number of nitrogens with one attached hydrogen (secondary N) is 1. The van der Waals surface area contributed by atoms with E-state index >= 15 is 0 Å². The van der Waals surface area contributed by atoms with E-state index in [9.17, 15) is 68.8 Å². The topological polar surface area (TPSA) is 420 Å². The quantitative estimate of drug-likeness (QED) is 0.00421. The summed E-state index contributed by atoms with van der Waals surface area (Å²) in [6.45, 7) is 8.55. The third kappa shape index (κ3) is 41.2. The summed E-state index contributed by atoms with van der Waals surface area (Å²) in [5.74, 6) is -5.27. The van der Waals surface area contributed by atoms with Gasteiger partial charge in [-0.3, -0.25) is 14.9 Å². The first kappa shape index (κ1) is 110. The number of carbonyl (C=O) groups excluding carboxylic acids is 2. The van der Waals surface area contributed by atoms with Crippen molar-refractivity contribution in [3.8, 4) is 40.2 Å². The number of rotatable bonds is 48. The maximum absolute atomic E-state index is 14.2. The zero-order valence-corrected chi connectivity index (χ0v) is 72.9. The van der Waals surface area contributed by atoms with Crippen LogP contribution in [0.5, 0.6) is 40.2 Å². The maximum atomic E-state index is 14.2. The fraction of sp³-hybridized carbons (Fsp3) is 0.446. The molecule has 10 rings (SSSR count). The number of nitrogens with zero attached hydrogens (tertiary/aromatic N) is 2. The van der Waals surface area contributed by atoms with E-state index in [1.54, 1.807) is 33.1 Å². The van der Waals surface area contributed by atoms with Gasteiger partial charge in [0.05, 0.1) is 75.0 Å². The van der Waals surface area contributed by atoms with Gasteiger partial charge in [0.25, 0.3) is 15.7 Å². The van der Waals surface area contributed by atoms with Crippen LogP contribution in [-0.4, -0.2) is 199 Å². The number of unbranched alkanes of at least 4 members (excludes halogenated alkanes) is 6. The first-order valence-electron chi connectivity index (χ1n) is 41.8. The lowest BCUT2D eigenvalue weighted by Gasteiger charge is -2.29. The van der Waals surface area contributed by atoms with E-state index in [1.165, 1.54) is 138 Å². The number of sulfonamides is 1. The van der Waals surface area contributed by atoms with E-state index in [0.717, 1.165) is 30.2 Å². The molecule has 11 N–H and O–H groups in total. The number of methoxy groups -OCH3 is 1. The van der Waals surface area contributed by atoms with Crippen molar-refractivity contribution in [2.45, 2.75) is 172 Å². The number of phenols is 1. The second-order valence-corrected chi connectivity index (χ2v) is 30.7. The van der Waals surface area contributed by atoms with Gasteiger partial charge in [-0.25, -0.2) is 48.7 Å². The van der Waals surface area contributed by atoms with Crippen LogP contribution in [-0.2, 0) is 26.1 Å². The number of aliphatic hydroxyl groups is 8. The lowest BCUT2D eigenvalue weighted by atomic mass is 10.1. The van der Waals surface area contributed by atoms with Crippen LogP contribution >= 0.6 is 0 Å². The van der Waals surface area contributed by atoms with E-state index in [0.29, 0.717) is 163 Å². The van der Waals surface area contributed by atoms with Gasteiger partial charge < -0.3 is 94.3 Å². The minimum absolute atomic E-state index is 0.00104. The van der Waals surface area contributed by atoms with Crippen molar-refractivity contribution in [3.05, 3.63) is 241 Å². The van der Waals surface area contributed by atoms with Crippen LogP contribution < -0.4 is 33.7 Å². The molecule has 0 bridgehead atoms. The Morgan fingerprint density at radius 2 is 0.883 bits per heavy atom. The molecule has 8 aromatic carbocycles. The molecule has 8 aromatic rings. The van der Waals surface area contributed by atoms with Gasteiger partial charge in [0, 0.05) is 95.6 Å². The summed E-state index contributed by atoms with van der Waals surface area (Å²) in [7, 11) is -2.61. The van der Waals surface area contributed by atoms with Crippen LogP contribution in [0.1, 0.15) is 201 Å². The van der Waals surface area contributed by atoms with E-state index in [4.69, 9.17) is 83.9 Å². The number of aldehydes is 1. The molecular formula is C92H118F7N3O25S. The van der Waals surface area contributed by atoms with Gasteiger partial charge in [0.2, 0.25) is 0 Å². The number of esters is 1. The van der Waals surface area contributed by atoms with Crippen molar-refractivity contribution in [1.29, 1.82) is 0 Å². The maximum Gasteiger partial charge on any atom is 0.338 e. The predicted octanol–water partition coefficient (Wildman–Crippen LogP) is 15.3. The van der Waals surface area contributed by atoms with Crippen molar-refractivity contribution in [2.24, 2.45) is 0 Å². The summed E-state index contributed by atoms with van der Waals surface area (Å²) in [4.78, 5) is 42.8. The molecule has 0 heterocycles. The number of carboxylic acid groups (broad SMARTS) is 1. The number of halogens is 7. The summed E-state index contributed by atoms with van der Waals surface area (Å²) < 4.78 is 163. The molecule has 0 radical (unpaired) electrons. The number of carboxylic acids is 1. The number of nitro groups is 1. The Morgan fingerprint density at radius 3 is 1.30 bits per heavy atom. The molecule has 0 saturated heterocycles. The Kier molecular flexibility index (Phi) is 53.0. The van der Waals surface area contributed by atoms with Gasteiger partial charge in [-0.15, -0.1) is 0 Å². The van der Waals surface area contributed by atoms with Crippen molar-refractivity contribution in [1.82, 2.24) is 9.62 Å². The summed E-state index contributed by atoms with van der Waals surface area (Å²) in [5.41, 5.74) is 2.82. The third-order valence-electron chi connectivity index (χ3n) is 18.5. The highest BCUT2D eigenvalue weighted by Gasteiger charge is 2.44. The number of para-hydroxylation sites is 1. The Bertz CT molecular complexity index is 4710. The molecule has 0 aromatic heterocycles. The molecular weight excluding hydrogens is 1710 g/mol. The third-order valence-corrected chi connectivity index (χ3v) is 20.6. The SMILES string of the molecule is CC(NC1CC1)c1ccc(F)c(OCCCCO)c1.CC(O)c1ccc(F)c(OCCCCO)c1.CC(c1ccc(F)c(OCCCCO)c1)N(C1CC1)S(=O)(=O)c1ccccc1[N+](=O)[O-].COCCCOC(=O)c1ccc(F)c(OCCCCO)c1.O=C(O)c1ccc(F)c(O)c1.O=Cc1ccc(F)c(OCCCCO)c1.OCCCCOc1cc(CO)ccc1F. The number of aliphatic hydroxyl groups excluding tert-OH is 8. The number of nitro benzene ring substituents is 1. The molecule has 706 valence electrons. The molecule has 0 aliphatic heterocycles. The normalized spacial score (nSPS) is 12.6. The molecule has 3 unspecified atom stereocenters. The smallest absolute Gasteiger partial charge is 0.338 e. The van der Waals surface area contributed by atoms with Crippen LogP contribution in [0.4, 0.5) is 36.4 Å². The van der Waals surface area contributed by atoms with E-state index in [-0.39, 0.29) is 129 Å². The molecule has 2 fully saturated rings. The molecule has 128 heavy (non-hydrogen) atoms. The first-order chi connectivity index (χ1) is 61.5. The van der Waals surface area contributed by atoms with Crippen molar-refractivity contribution in [3.63, 3.8) is 0 Å². The molecule has 2 saturated carbocycles. The molecule has 2 aliphatic rings. The molecule has 36 heteroatoms. The number of phenolic OH excluding ortho intramolecular Hbond substituents is 1. The number of hydrogen-bond donors (Lipinski definition) is 11. The van der Waals surface area contributed by atoms with Gasteiger partial charge in [-0.1, -0.05) is 36.4 Å². The highest BCUT2D eigenvalue weighted by molar-refractivity contribution is 7.89. The van der Waals surface area contributed by atoms with Crippen molar-refractivity contribution < 1.29 is 147 Å². The van der Waals surface area contributed by atoms with Crippen LogP contribution in [0, 0.1) is 50.8 Å². The van der Waals surface area contributed by atoms with Gasteiger partial charge in [-0.2, -0.15) is 4.31 Å². The first-order valence-corrected chi connectivity index (χ1v) is 43.2. The zero-order chi connectivity index (χ0) is 94.4. The number of aromatic hydroxyl groups is 1. The Labute approximate surface area is 740 Å². The number of hydrogen-bond acceptors (Lipinski definition) is 25. The largest absolute Gasteiger partial charge is 0.505 e. The molecule has 2 aliphatic carbocycles. The Balaban J connectivity index is 0.000000320. The number of aromatic carboxylic acids is 1. The number of carbonyl (C=O) groups is 3. The standard InChI is InChI=1S/C21H25FN2O6S.C15H22FNO2.C15H21FO5.C12H17FO3.C11H15FO3.C11H13FO3.C7H5FO3/c1-15(16-8-11-18(22)20(14-16)30-13-5-4-12-25)23(17-9-10-17)31(28,29)21-7-3-2-6-19(21)24(26)27;1-11(17-13-5-6-13)12-4-7-14(16)15(10-12)19-9-3-2-8-18;1-19-8-4-10-21-15(18)12-5-6-13(16)14(11-12)20-9-3-2-7-17;1-9(15)10-4-5-11(13)12(8-10)16-7-3-2-6-14;2*12-10-4-3-9(8-14)7-11(10)15-6-2-1-5-13;8-5-2-1-4(7(10)11)3-6(5)9/h2-3,6-8,11,14-15,17,25H,4-5,9-10,12-13H2,1H3;4,7,10-11,13,17-18H,2-3,5-6,8-9H2,1H3;5-6,11,17H,2-4,7-10H2,1H3;4-5,8-9,14-15H,2-3,6-7H2,1H3;3-4,7,13-14H,1-2,5-6,8H2;3-4,7-8,13H,1-2,5-6H2;1-3,9H,(H,10,11). The minimum Gasteiger partial charge on any atom is -0.505 e. The lowest BCUT2D eigenvalue weighted by Crippen LogP contribution is -2.36. The van der Waals surface area contributed by atoms with Gasteiger partial charge in [0.15, 0.2) is 85.9 Å². The number of benzene rings is 8. The van der Waals surface area contributed by atoms with Crippen LogP contribution in [0.2, 0.25) is 0 Å². The van der Waals surface area contributed by atoms with Crippen molar-refractivity contribution >= 4 is 33.9 Å². The van der Waals surface area contributed by atoms with Crippen LogP contribution in [0.25, 0.3) is 0 Å². The van der Waals surface area contributed by atoms with Gasteiger partial charge in [-0.05, 0) is 255 Å². The average molecular weight is 1830 g/mol. The minimum atomic E-state index is -4.18. The van der Waals surface area contributed by atoms with E-state index in [1.807, 2.05) is 0 Å². The van der Waals surface area contributed by atoms with Crippen LogP contribution in [0.3, 0.4) is 0 Å². The second-order valence-electron chi connectivity index (χ2n) is 28.9. The monoisotopic (exact) mass is 1830 g/mol. The summed E-state index contributed by atoms with van der Waals surface area (Å²) >= 11 is 0. The molecule has 28 nitrogen and oxygen atoms in total. The fourth-order valence-electron chi connectivity index (χ4n) is 11.2. The fourth-order valence-corrected chi connectivity index (χ4v) is 13.2. The summed E-state index contributed by atoms with van der Waals surface area (Å²) in [5, 5.41) is 102. The molecule has 3 atom stereocenters. The summed E-state index contributed by atoms with van der Waals surface area (Å²) in [6, 6.07) is 33.6. The lowest BCUT2D eigenvalue weighted by molar-refractivity contribution is -0.387. The zero-order valence-electron chi connectivity index (χ0n) is 72.1. The second kappa shape index (κ2) is 61.8.